The van der Waals surface area contributed by atoms with Crippen LogP contribution >= 0.6 is 11.6 Å². The van der Waals surface area contributed by atoms with Crippen LogP contribution in [0.15, 0.2) is 49.4 Å². The van der Waals surface area contributed by atoms with E-state index in [9.17, 15) is 9.90 Å². The lowest BCUT2D eigenvalue weighted by Crippen LogP contribution is -2.32. The first-order chi connectivity index (χ1) is 17.9. The van der Waals surface area contributed by atoms with Gasteiger partial charge in [-0.3, -0.25) is 14.5 Å². The first-order valence-electron chi connectivity index (χ1n) is 11.9. The Hall–Kier alpha value is -3.89. The fraction of sp³-hybridized carbons (Fsp3) is 0.308. The number of carbonyl (C=O) groups excluding carboxylic acids is 1. The summed E-state index contributed by atoms with van der Waals surface area (Å²) < 4.78 is 15.5. The molecular formula is C26H27ClN6O4. The lowest BCUT2D eigenvalue weighted by molar-refractivity contribution is -0.126. The van der Waals surface area contributed by atoms with Crippen LogP contribution in [0.3, 0.4) is 0 Å². The van der Waals surface area contributed by atoms with E-state index in [1.54, 1.807) is 34.9 Å². The molecule has 0 radical (unpaired) electrons. The Bertz CT molecular complexity index is 1460. The van der Waals surface area contributed by atoms with E-state index in [-0.39, 0.29) is 12.5 Å². The summed E-state index contributed by atoms with van der Waals surface area (Å²) in [7, 11) is 1.57. The van der Waals surface area contributed by atoms with Crippen molar-refractivity contribution in [1.29, 1.82) is 0 Å². The molecule has 0 spiro atoms. The Morgan fingerprint density at radius 2 is 2.11 bits per heavy atom. The highest BCUT2D eigenvalue weighted by Crippen LogP contribution is 2.37. The maximum absolute atomic E-state index is 12.1. The fourth-order valence-electron chi connectivity index (χ4n) is 4.63. The molecule has 1 amide bonds. The predicted octanol–water partition coefficient (Wildman–Crippen LogP) is 3.25. The van der Waals surface area contributed by atoms with Crippen LogP contribution in [0.4, 0.5) is 0 Å². The van der Waals surface area contributed by atoms with Gasteiger partial charge in [0.1, 0.15) is 0 Å². The largest absolute Gasteiger partial charge is 0.493 e. The summed E-state index contributed by atoms with van der Waals surface area (Å²) in [6.07, 6.45) is 6.31. The van der Waals surface area contributed by atoms with Gasteiger partial charge in [-0.25, -0.2) is 4.52 Å². The molecule has 0 aliphatic carbocycles. The van der Waals surface area contributed by atoms with Crippen molar-refractivity contribution in [3.05, 3.63) is 71.4 Å². The van der Waals surface area contributed by atoms with Crippen molar-refractivity contribution in [3.8, 4) is 22.8 Å². The van der Waals surface area contributed by atoms with Crippen molar-refractivity contribution in [1.82, 2.24) is 29.3 Å². The summed E-state index contributed by atoms with van der Waals surface area (Å²) in [4.78, 5) is 18.2. The fourth-order valence-corrected chi connectivity index (χ4v) is 4.74. The number of halogens is 1. The molecule has 4 aromatic heterocycles. The van der Waals surface area contributed by atoms with Crippen LogP contribution in [-0.2, 0) is 17.8 Å². The third-order valence-corrected chi connectivity index (χ3v) is 6.78. The topological polar surface area (TPSA) is 107 Å². The molecule has 0 saturated carbocycles. The Morgan fingerprint density at radius 1 is 1.27 bits per heavy atom. The summed E-state index contributed by atoms with van der Waals surface area (Å²) >= 11 is 5.98. The maximum Gasteiger partial charge on any atom is 0.246 e. The molecule has 1 aliphatic rings. The predicted molar refractivity (Wildman–Crippen MR) is 138 cm³/mol. The van der Waals surface area contributed by atoms with Gasteiger partial charge in [0.2, 0.25) is 5.91 Å². The van der Waals surface area contributed by atoms with Crippen molar-refractivity contribution in [2.24, 2.45) is 0 Å². The van der Waals surface area contributed by atoms with Crippen LogP contribution < -0.4 is 9.47 Å². The second kappa shape index (κ2) is 10.2. The standard InChI is InChI=1S/C26H27ClN6O4/c1-4-24(35)31-8-7-20-16(2)25(30-32(20)10-9-31)17-11-21(26-22(36-3)13-29-33(26)14-17)37-23(15-34)19-6-5-18(27)12-28-19/h4-6,11-14,23,34H,1,7-10,15H2,2-3H3. The van der Waals surface area contributed by atoms with Gasteiger partial charge in [-0.05, 0) is 36.8 Å². The van der Waals surface area contributed by atoms with E-state index in [0.717, 1.165) is 22.5 Å². The summed E-state index contributed by atoms with van der Waals surface area (Å²) in [6.45, 7) is 7.09. The number of hydrogen-bond donors (Lipinski definition) is 1. The number of rotatable bonds is 7. The number of carbonyl (C=O) groups is 1. The van der Waals surface area contributed by atoms with E-state index < -0.39 is 6.10 Å². The minimum absolute atomic E-state index is 0.0721. The number of amides is 1. The molecule has 0 bridgehead atoms. The van der Waals surface area contributed by atoms with Crippen LogP contribution in [-0.4, -0.2) is 67.1 Å². The highest BCUT2D eigenvalue weighted by atomic mass is 35.5. The minimum atomic E-state index is -0.732. The number of methoxy groups -OCH3 is 1. The Balaban J connectivity index is 1.54. The van der Waals surface area contributed by atoms with Crippen molar-refractivity contribution < 1.29 is 19.4 Å². The van der Waals surface area contributed by atoms with Crippen LogP contribution in [0.2, 0.25) is 5.02 Å². The molecule has 0 fully saturated rings. The van der Waals surface area contributed by atoms with Crippen molar-refractivity contribution in [2.45, 2.75) is 26.0 Å². The van der Waals surface area contributed by atoms with E-state index in [4.69, 9.17) is 26.2 Å². The van der Waals surface area contributed by atoms with Gasteiger partial charge in [0, 0.05) is 43.2 Å². The molecule has 192 valence electrons. The Labute approximate surface area is 218 Å². The monoisotopic (exact) mass is 522 g/mol. The summed E-state index contributed by atoms with van der Waals surface area (Å²) in [5.41, 5.74) is 4.85. The van der Waals surface area contributed by atoms with Crippen molar-refractivity contribution in [2.75, 3.05) is 26.8 Å². The molecule has 1 aliphatic heterocycles. The number of hydrogen-bond acceptors (Lipinski definition) is 7. The van der Waals surface area contributed by atoms with E-state index >= 15 is 0 Å². The number of fused-ring (bicyclic) bond motifs is 2. The molecular weight excluding hydrogens is 496 g/mol. The summed E-state index contributed by atoms with van der Waals surface area (Å²) in [5.74, 6) is 0.928. The molecule has 5 rings (SSSR count). The van der Waals surface area contributed by atoms with Crippen molar-refractivity contribution >= 4 is 23.0 Å². The van der Waals surface area contributed by atoms with Crippen LogP contribution in [0.25, 0.3) is 16.8 Å². The molecule has 1 unspecified atom stereocenters. The number of aliphatic hydroxyl groups excluding tert-OH is 1. The van der Waals surface area contributed by atoms with Crippen molar-refractivity contribution in [3.63, 3.8) is 0 Å². The number of aliphatic hydroxyl groups is 1. The second-order valence-electron chi connectivity index (χ2n) is 8.71. The summed E-state index contributed by atoms with van der Waals surface area (Å²) in [6, 6.07) is 5.29. The lowest BCUT2D eigenvalue weighted by atomic mass is 10.1. The first kappa shape index (κ1) is 24.8. The van der Waals surface area contributed by atoms with Gasteiger partial charge in [0.25, 0.3) is 0 Å². The SMILES string of the molecule is C=CC(=O)N1CCc2c(C)c(-c3cc(OC(CO)c4ccc(Cl)cn4)c4c(OC)cnn4c3)nn2CC1. The van der Waals surface area contributed by atoms with Gasteiger partial charge in [0.15, 0.2) is 23.1 Å². The van der Waals surface area contributed by atoms with E-state index in [1.165, 1.54) is 12.3 Å². The van der Waals surface area contributed by atoms with Crippen LogP contribution in [0, 0.1) is 6.92 Å². The van der Waals surface area contributed by atoms with Gasteiger partial charge in [-0.2, -0.15) is 10.2 Å². The molecule has 4 aromatic rings. The number of pyridine rings is 2. The van der Waals surface area contributed by atoms with Gasteiger partial charge in [-0.1, -0.05) is 18.2 Å². The highest BCUT2D eigenvalue weighted by molar-refractivity contribution is 6.30. The molecule has 1 N–H and O–H groups in total. The zero-order chi connectivity index (χ0) is 26.1. The van der Waals surface area contributed by atoms with Gasteiger partial charge in [0.05, 0.1) is 42.9 Å². The smallest absolute Gasteiger partial charge is 0.246 e. The zero-order valence-corrected chi connectivity index (χ0v) is 21.4. The minimum Gasteiger partial charge on any atom is -0.493 e. The normalized spacial score (nSPS) is 14.2. The average Bonchev–Trinajstić information content (AvgIpc) is 3.40. The summed E-state index contributed by atoms with van der Waals surface area (Å²) in [5, 5.41) is 19.9. The maximum atomic E-state index is 12.1. The van der Waals surface area contributed by atoms with Crippen LogP contribution in [0.5, 0.6) is 11.5 Å². The van der Waals surface area contributed by atoms with Gasteiger partial charge < -0.3 is 19.5 Å². The van der Waals surface area contributed by atoms with Gasteiger partial charge >= 0.3 is 0 Å². The third-order valence-electron chi connectivity index (χ3n) is 6.56. The number of ether oxygens (including phenoxy) is 2. The molecule has 10 nitrogen and oxygen atoms in total. The zero-order valence-electron chi connectivity index (χ0n) is 20.6. The van der Waals surface area contributed by atoms with E-state index in [0.29, 0.717) is 53.8 Å². The van der Waals surface area contributed by atoms with E-state index in [1.807, 2.05) is 23.9 Å². The molecule has 1 atom stereocenters. The molecule has 0 saturated heterocycles. The highest BCUT2D eigenvalue weighted by Gasteiger charge is 2.24. The molecule has 5 heterocycles. The quantitative estimate of drug-likeness (QED) is 0.371. The molecule has 0 aromatic carbocycles. The molecule has 11 heteroatoms. The molecule has 37 heavy (non-hydrogen) atoms. The lowest BCUT2D eigenvalue weighted by Gasteiger charge is -2.18. The third kappa shape index (κ3) is 4.65. The number of aromatic nitrogens is 5. The second-order valence-corrected chi connectivity index (χ2v) is 9.15. The van der Waals surface area contributed by atoms with Gasteiger partial charge in [-0.15, -0.1) is 0 Å². The average molecular weight is 523 g/mol. The van der Waals surface area contributed by atoms with E-state index in [2.05, 4.69) is 16.7 Å². The van der Waals surface area contributed by atoms with Crippen LogP contribution in [0.1, 0.15) is 23.1 Å². The Morgan fingerprint density at radius 3 is 2.81 bits per heavy atom. The Kier molecular flexibility index (Phi) is 6.86. The first-order valence-corrected chi connectivity index (χ1v) is 12.2. The number of nitrogens with zero attached hydrogens (tertiary/aromatic N) is 6.